The van der Waals surface area contributed by atoms with Crippen LogP contribution in [0.3, 0.4) is 0 Å². The number of piperidine rings is 1. The summed E-state index contributed by atoms with van der Waals surface area (Å²) in [7, 11) is 0. The van der Waals surface area contributed by atoms with Crippen molar-refractivity contribution in [3.8, 4) is 0 Å². The molecule has 2 aromatic rings. The standard InChI is InChI=1S/C29H34F6N6O5/c1-28(2,3)46-27(45)37-17(10-16-11-19(31)20(32)13-18(16)30)12-22(42)40-8-9-41-21(14-40)23(38-26(41)29(33,34)35)25(44)39-6-4-15(5-7-39)24(36)43/h11,13,15,17H,4-10,12,14H2,1-3H3,(H2,36,43)(H,37,45). The van der Waals surface area contributed by atoms with Crippen molar-refractivity contribution in [2.45, 2.75) is 77.4 Å². The largest absolute Gasteiger partial charge is 0.449 e. The molecule has 0 saturated carbocycles. The fourth-order valence-electron chi connectivity index (χ4n) is 5.46. The van der Waals surface area contributed by atoms with Crippen LogP contribution in [0.25, 0.3) is 0 Å². The van der Waals surface area contributed by atoms with Gasteiger partial charge in [0, 0.05) is 50.6 Å². The lowest BCUT2D eigenvalue weighted by Gasteiger charge is -2.32. The molecule has 0 aliphatic carbocycles. The highest BCUT2D eigenvalue weighted by atomic mass is 19.4. The molecule has 0 spiro atoms. The third kappa shape index (κ3) is 8.09. The first kappa shape index (κ1) is 34.6. The molecule has 1 fully saturated rings. The molecule has 0 bridgehead atoms. The lowest BCUT2D eigenvalue weighted by atomic mass is 9.96. The zero-order valence-electron chi connectivity index (χ0n) is 25.3. The number of halogens is 6. The van der Waals surface area contributed by atoms with Gasteiger partial charge in [0.25, 0.3) is 5.91 Å². The molecule has 17 heteroatoms. The van der Waals surface area contributed by atoms with Gasteiger partial charge in [-0.3, -0.25) is 14.4 Å². The molecular formula is C29H34F6N6O5. The van der Waals surface area contributed by atoms with Gasteiger partial charge in [-0.1, -0.05) is 0 Å². The average molecular weight is 661 g/mol. The number of nitrogens with zero attached hydrogens (tertiary/aromatic N) is 4. The molecule has 46 heavy (non-hydrogen) atoms. The Morgan fingerprint density at radius 1 is 0.978 bits per heavy atom. The summed E-state index contributed by atoms with van der Waals surface area (Å²) in [5.41, 5.74) is 3.40. The first-order valence-electron chi connectivity index (χ1n) is 14.5. The quantitative estimate of drug-likeness (QED) is 0.344. The van der Waals surface area contributed by atoms with Crippen molar-refractivity contribution < 1.29 is 50.3 Å². The number of hydrogen-bond donors (Lipinski definition) is 2. The van der Waals surface area contributed by atoms with Gasteiger partial charge >= 0.3 is 12.3 Å². The van der Waals surface area contributed by atoms with E-state index in [2.05, 4.69) is 10.3 Å². The van der Waals surface area contributed by atoms with Crippen LogP contribution in [0.1, 0.15) is 67.6 Å². The predicted octanol–water partition coefficient (Wildman–Crippen LogP) is 3.53. The first-order valence-corrected chi connectivity index (χ1v) is 14.5. The summed E-state index contributed by atoms with van der Waals surface area (Å²) < 4.78 is 89.7. The maximum atomic E-state index is 14.5. The number of carbonyl (C=O) groups is 4. The smallest absolute Gasteiger partial charge is 0.444 e. The van der Waals surface area contributed by atoms with E-state index in [4.69, 9.17) is 10.5 Å². The maximum absolute atomic E-state index is 14.5. The van der Waals surface area contributed by atoms with E-state index in [0.29, 0.717) is 12.1 Å². The number of fused-ring (bicyclic) bond motifs is 1. The van der Waals surface area contributed by atoms with Gasteiger partial charge in [-0.2, -0.15) is 13.2 Å². The first-order chi connectivity index (χ1) is 21.3. The van der Waals surface area contributed by atoms with Crippen molar-refractivity contribution in [3.05, 3.63) is 52.4 Å². The van der Waals surface area contributed by atoms with Crippen LogP contribution in [0.5, 0.6) is 0 Å². The summed E-state index contributed by atoms with van der Waals surface area (Å²) in [5.74, 6) is -7.69. The fraction of sp³-hybridized carbons (Fsp3) is 0.552. The van der Waals surface area contributed by atoms with Crippen molar-refractivity contribution in [3.63, 3.8) is 0 Å². The van der Waals surface area contributed by atoms with E-state index in [1.54, 1.807) is 20.8 Å². The molecular weight excluding hydrogens is 626 g/mol. The van der Waals surface area contributed by atoms with E-state index in [0.717, 1.165) is 4.57 Å². The molecule has 1 aromatic heterocycles. The summed E-state index contributed by atoms with van der Waals surface area (Å²) in [6, 6.07) is -0.274. The number of aromatic nitrogens is 2. The van der Waals surface area contributed by atoms with Crippen molar-refractivity contribution in [2.24, 2.45) is 11.7 Å². The third-order valence-electron chi connectivity index (χ3n) is 7.70. The average Bonchev–Trinajstić information content (AvgIpc) is 3.34. The van der Waals surface area contributed by atoms with Gasteiger partial charge in [-0.05, 0) is 51.7 Å². The van der Waals surface area contributed by atoms with Gasteiger partial charge in [-0.25, -0.2) is 22.9 Å². The van der Waals surface area contributed by atoms with E-state index in [9.17, 15) is 45.5 Å². The highest BCUT2D eigenvalue weighted by Gasteiger charge is 2.43. The summed E-state index contributed by atoms with van der Waals surface area (Å²) in [4.78, 5) is 57.0. The normalized spacial score (nSPS) is 16.5. The van der Waals surface area contributed by atoms with E-state index in [1.807, 2.05) is 0 Å². The zero-order valence-corrected chi connectivity index (χ0v) is 25.3. The second-order valence-corrected chi connectivity index (χ2v) is 12.3. The number of amides is 4. The Hall–Kier alpha value is -4.31. The number of alkyl carbamates (subject to hydrolysis) is 1. The van der Waals surface area contributed by atoms with Crippen LogP contribution in [0.4, 0.5) is 31.1 Å². The zero-order chi connectivity index (χ0) is 34.1. The van der Waals surface area contributed by atoms with Crippen molar-refractivity contribution in [1.82, 2.24) is 24.7 Å². The van der Waals surface area contributed by atoms with Gasteiger partial charge < -0.3 is 30.2 Å². The highest BCUT2D eigenvalue weighted by Crippen LogP contribution is 2.33. The van der Waals surface area contributed by atoms with Crippen LogP contribution in [0.15, 0.2) is 12.1 Å². The van der Waals surface area contributed by atoms with Gasteiger partial charge in [0.05, 0.1) is 12.2 Å². The van der Waals surface area contributed by atoms with E-state index in [-0.39, 0.29) is 50.3 Å². The molecule has 1 saturated heterocycles. The molecule has 4 amide bonds. The van der Waals surface area contributed by atoms with E-state index in [1.165, 1.54) is 9.80 Å². The Labute approximate surface area is 260 Å². The van der Waals surface area contributed by atoms with Crippen LogP contribution in [0.2, 0.25) is 0 Å². The van der Waals surface area contributed by atoms with Crippen LogP contribution >= 0.6 is 0 Å². The molecule has 2 aliphatic heterocycles. The second-order valence-electron chi connectivity index (χ2n) is 12.3. The Morgan fingerprint density at radius 2 is 1.61 bits per heavy atom. The van der Waals surface area contributed by atoms with Gasteiger partial charge in [0.2, 0.25) is 17.6 Å². The molecule has 2 aliphatic rings. The number of carbonyl (C=O) groups excluding carboxylic acids is 4. The Kier molecular flexibility index (Phi) is 9.92. The van der Waals surface area contributed by atoms with Crippen LogP contribution in [-0.4, -0.2) is 74.4 Å². The molecule has 4 rings (SSSR count). The number of primary amides is 1. The topological polar surface area (TPSA) is 140 Å². The number of nitrogens with one attached hydrogen (secondary N) is 1. The molecule has 11 nitrogen and oxygen atoms in total. The number of rotatable bonds is 7. The van der Waals surface area contributed by atoms with Crippen molar-refractivity contribution in [1.29, 1.82) is 0 Å². The molecule has 1 atom stereocenters. The number of alkyl halides is 3. The SMILES string of the molecule is CC(C)(C)OC(=O)NC(CC(=O)N1CCn2c(C(F)(F)F)nc(C(=O)N3CCC(C(N)=O)CC3)c2C1)Cc1cc(F)c(F)cc1F. The summed E-state index contributed by atoms with van der Waals surface area (Å²) in [6.45, 7) is 3.84. The molecule has 3 N–H and O–H groups in total. The second kappa shape index (κ2) is 13.2. The minimum atomic E-state index is -4.91. The molecule has 1 unspecified atom stereocenters. The van der Waals surface area contributed by atoms with Crippen LogP contribution < -0.4 is 11.1 Å². The summed E-state index contributed by atoms with van der Waals surface area (Å²) in [5, 5.41) is 2.43. The predicted molar refractivity (Wildman–Crippen MR) is 148 cm³/mol. The minimum Gasteiger partial charge on any atom is -0.444 e. The lowest BCUT2D eigenvalue weighted by Crippen LogP contribution is -2.46. The van der Waals surface area contributed by atoms with Crippen molar-refractivity contribution >= 4 is 23.8 Å². The fourth-order valence-corrected chi connectivity index (χ4v) is 5.46. The highest BCUT2D eigenvalue weighted by molar-refractivity contribution is 5.94. The Morgan fingerprint density at radius 3 is 2.20 bits per heavy atom. The molecule has 0 radical (unpaired) electrons. The van der Waals surface area contributed by atoms with Crippen molar-refractivity contribution in [2.75, 3.05) is 19.6 Å². The maximum Gasteiger partial charge on any atom is 0.449 e. The molecule has 3 heterocycles. The van der Waals surface area contributed by atoms with Crippen LogP contribution in [0, 0.1) is 23.4 Å². The number of likely N-dealkylation sites (tertiary alicyclic amines) is 1. The van der Waals surface area contributed by atoms with Gasteiger partial charge in [0.15, 0.2) is 17.3 Å². The van der Waals surface area contributed by atoms with E-state index < -0.39 is 95.9 Å². The number of nitrogens with two attached hydrogens (primary N) is 1. The van der Waals surface area contributed by atoms with Gasteiger partial charge in [-0.15, -0.1) is 0 Å². The monoisotopic (exact) mass is 660 g/mol. The third-order valence-corrected chi connectivity index (χ3v) is 7.70. The van der Waals surface area contributed by atoms with Crippen LogP contribution in [-0.2, 0) is 40.0 Å². The Bertz CT molecular complexity index is 1510. The lowest BCUT2D eigenvalue weighted by molar-refractivity contribution is -0.148. The number of hydrogen-bond acceptors (Lipinski definition) is 6. The van der Waals surface area contributed by atoms with E-state index >= 15 is 0 Å². The number of benzene rings is 1. The number of imidazole rings is 1. The summed E-state index contributed by atoms with van der Waals surface area (Å²) >= 11 is 0. The summed E-state index contributed by atoms with van der Waals surface area (Å²) in [6.07, 6.45) is -6.40. The Balaban J connectivity index is 1.57. The molecule has 1 aromatic carbocycles. The van der Waals surface area contributed by atoms with Gasteiger partial charge in [0.1, 0.15) is 11.4 Å². The molecule has 252 valence electrons. The number of ether oxygens (including phenoxy) is 1. The minimum absolute atomic E-state index is 0.0707.